The SMILES string of the molecule is O=C(NCC1CC(O)C1)c1cccc(-c2nn[nH]n2)c1. The maximum atomic E-state index is 12.1. The quantitative estimate of drug-likeness (QED) is 0.746. The van der Waals surface area contributed by atoms with Crippen LogP contribution in [0.25, 0.3) is 11.4 Å². The van der Waals surface area contributed by atoms with Gasteiger partial charge in [-0.3, -0.25) is 4.79 Å². The van der Waals surface area contributed by atoms with Gasteiger partial charge in [-0.05, 0) is 36.1 Å². The van der Waals surface area contributed by atoms with Gasteiger partial charge in [0.2, 0.25) is 5.82 Å². The molecule has 1 aromatic carbocycles. The lowest BCUT2D eigenvalue weighted by Crippen LogP contribution is -2.38. The first kappa shape index (κ1) is 12.7. The van der Waals surface area contributed by atoms with Gasteiger partial charge in [0.25, 0.3) is 5.91 Å². The van der Waals surface area contributed by atoms with Gasteiger partial charge in [0.15, 0.2) is 0 Å². The Morgan fingerprint density at radius 1 is 1.45 bits per heavy atom. The molecule has 1 fully saturated rings. The highest BCUT2D eigenvalue weighted by molar-refractivity contribution is 5.95. The zero-order valence-corrected chi connectivity index (χ0v) is 10.8. The Morgan fingerprint density at radius 3 is 3.00 bits per heavy atom. The largest absolute Gasteiger partial charge is 0.393 e. The lowest BCUT2D eigenvalue weighted by molar-refractivity contribution is 0.0420. The molecule has 20 heavy (non-hydrogen) atoms. The van der Waals surface area contributed by atoms with Crippen molar-refractivity contribution in [1.29, 1.82) is 0 Å². The molecule has 1 aliphatic carbocycles. The highest BCUT2D eigenvalue weighted by atomic mass is 16.3. The Morgan fingerprint density at radius 2 is 2.30 bits per heavy atom. The lowest BCUT2D eigenvalue weighted by atomic mass is 9.82. The number of amides is 1. The van der Waals surface area contributed by atoms with Crippen LogP contribution in [-0.4, -0.2) is 44.3 Å². The summed E-state index contributed by atoms with van der Waals surface area (Å²) in [5.41, 5.74) is 1.30. The standard InChI is InChI=1S/C13H15N5O2/c19-11-4-8(5-11)7-14-13(20)10-3-1-2-9(6-10)12-15-17-18-16-12/h1-3,6,8,11,19H,4-5,7H2,(H,14,20)(H,15,16,17,18). The first-order chi connectivity index (χ1) is 9.72. The number of carbonyl (C=O) groups is 1. The average Bonchev–Trinajstić information content (AvgIpc) is 2.96. The third kappa shape index (κ3) is 2.67. The summed E-state index contributed by atoms with van der Waals surface area (Å²) in [7, 11) is 0. The Hall–Kier alpha value is -2.28. The summed E-state index contributed by atoms with van der Waals surface area (Å²) in [6.45, 7) is 0.600. The van der Waals surface area contributed by atoms with Gasteiger partial charge in [0.05, 0.1) is 6.10 Å². The number of carbonyl (C=O) groups excluding carboxylic acids is 1. The van der Waals surface area contributed by atoms with E-state index in [9.17, 15) is 9.90 Å². The molecule has 1 amide bonds. The summed E-state index contributed by atoms with van der Waals surface area (Å²) >= 11 is 0. The van der Waals surface area contributed by atoms with E-state index in [1.807, 2.05) is 6.07 Å². The fraction of sp³-hybridized carbons (Fsp3) is 0.385. The van der Waals surface area contributed by atoms with Crippen molar-refractivity contribution in [2.24, 2.45) is 5.92 Å². The molecular formula is C13H15N5O2. The van der Waals surface area contributed by atoms with Gasteiger partial charge in [-0.1, -0.05) is 12.1 Å². The Labute approximate surface area is 115 Å². The molecule has 0 spiro atoms. The Balaban J connectivity index is 1.64. The van der Waals surface area contributed by atoms with Gasteiger partial charge < -0.3 is 10.4 Å². The molecular weight excluding hydrogens is 258 g/mol. The third-order valence-corrected chi connectivity index (χ3v) is 3.49. The highest BCUT2D eigenvalue weighted by Crippen LogP contribution is 2.26. The minimum Gasteiger partial charge on any atom is -0.393 e. The number of nitrogens with one attached hydrogen (secondary N) is 2. The van der Waals surface area contributed by atoms with E-state index in [2.05, 4.69) is 25.9 Å². The fourth-order valence-electron chi connectivity index (χ4n) is 2.29. The number of tetrazole rings is 1. The van der Waals surface area contributed by atoms with Gasteiger partial charge in [-0.25, -0.2) is 0 Å². The molecule has 1 saturated carbocycles. The van der Waals surface area contributed by atoms with Crippen LogP contribution in [0.2, 0.25) is 0 Å². The van der Waals surface area contributed by atoms with Crippen LogP contribution in [0.3, 0.4) is 0 Å². The Kier molecular flexibility index (Phi) is 3.42. The molecule has 1 aromatic heterocycles. The third-order valence-electron chi connectivity index (χ3n) is 3.49. The molecule has 0 radical (unpaired) electrons. The van der Waals surface area contributed by atoms with Crippen molar-refractivity contribution in [2.45, 2.75) is 18.9 Å². The van der Waals surface area contributed by atoms with Crippen LogP contribution < -0.4 is 5.32 Å². The second-order valence-electron chi connectivity index (χ2n) is 5.02. The molecule has 3 rings (SSSR count). The number of hydrogen-bond donors (Lipinski definition) is 3. The smallest absolute Gasteiger partial charge is 0.251 e. The first-order valence-electron chi connectivity index (χ1n) is 6.52. The maximum Gasteiger partial charge on any atom is 0.251 e. The summed E-state index contributed by atoms with van der Waals surface area (Å²) < 4.78 is 0. The molecule has 0 aliphatic heterocycles. The highest BCUT2D eigenvalue weighted by Gasteiger charge is 2.27. The van der Waals surface area contributed by atoms with Crippen molar-refractivity contribution in [2.75, 3.05) is 6.54 Å². The number of rotatable bonds is 4. The van der Waals surface area contributed by atoms with Crippen LogP contribution in [-0.2, 0) is 0 Å². The van der Waals surface area contributed by atoms with E-state index in [1.165, 1.54) is 0 Å². The summed E-state index contributed by atoms with van der Waals surface area (Å²) in [6.07, 6.45) is 1.34. The van der Waals surface area contributed by atoms with Crippen LogP contribution in [0.5, 0.6) is 0 Å². The monoisotopic (exact) mass is 273 g/mol. The van der Waals surface area contributed by atoms with Crippen molar-refractivity contribution in [3.05, 3.63) is 29.8 Å². The summed E-state index contributed by atoms with van der Waals surface area (Å²) in [5, 5.41) is 25.7. The summed E-state index contributed by atoms with van der Waals surface area (Å²) in [6, 6.07) is 7.09. The fourth-order valence-corrected chi connectivity index (χ4v) is 2.29. The molecule has 1 heterocycles. The molecule has 7 nitrogen and oxygen atoms in total. The van der Waals surface area contributed by atoms with Crippen LogP contribution >= 0.6 is 0 Å². The van der Waals surface area contributed by atoms with Crippen LogP contribution in [0.15, 0.2) is 24.3 Å². The van der Waals surface area contributed by atoms with Gasteiger partial charge in [0.1, 0.15) is 0 Å². The van der Waals surface area contributed by atoms with Gasteiger partial charge in [0, 0.05) is 17.7 Å². The van der Waals surface area contributed by atoms with E-state index in [-0.39, 0.29) is 12.0 Å². The molecule has 0 bridgehead atoms. The number of aromatic amines is 1. The van der Waals surface area contributed by atoms with Gasteiger partial charge in [-0.15, -0.1) is 10.2 Å². The number of aromatic nitrogens is 4. The number of nitrogens with zero attached hydrogens (tertiary/aromatic N) is 3. The second kappa shape index (κ2) is 5.38. The van der Waals surface area contributed by atoms with Crippen molar-refractivity contribution in [1.82, 2.24) is 25.9 Å². The minimum atomic E-state index is -0.196. The Bertz CT molecular complexity index is 593. The van der Waals surface area contributed by atoms with Gasteiger partial charge in [-0.2, -0.15) is 5.21 Å². The van der Waals surface area contributed by atoms with E-state index in [4.69, 9.17) is 0 Å². The molecule has 3 N–H and O–H groups in total. The topological polar surface area (TPSA) is 104 Å². The summed E-state index contributed by atoms with van der Waals surface area (Å²) in [5.74, 6) is 0.716. The normalized spacial score (nSPS) is 21.2. The predicted molar refractivity (Wildman–Crippen MR) is 70.7 cm³/mol. The van der Waals surface area contributed by atoms with Crippen LogP contribution in [0.4, 0.5) is 0 Å². The minimum absolute atomic E-state index is 0.128. The van der Waals surface area contributed by atoms with Gasteiger partial charge >= 0.3 is 0 Å². The molecule has 0 unspecified atom stereocenters. The number of H-pyrrole nitrogens is 1. The maximum absolute atomic E-state index is 12.1. The van der Waals surface area contributed by atoms with E-state index >= 15 is 0 Å². The molecule has 7 heteroatoms. The van der Waals surface area contributed by atoms with Crippen molar-refractivity contribution >= 4 is 5.91 Å². The first-order valence-corrected chi connectivity index (χ1v) is 6.52. The number of aliphatic hydroxyl groups excluding tert-OH is 1. The molecule has 104 valence electrons. The number of aliphatic hydroxyl groups is 1. The zero-order chi connectivity index (χ0) is 13.9. The molecule has 0 atom stereocenters. The van der Waals surface area contributed by atoms with Crippen LogP contribution in [0, 0.1) is 5.92 Å². The van der Waals surface area contributed by atoms with Crippen molar-refractivity contribution in [3.63, 3.8) is 0 Å². The predicted octanol–water partition coefficient (Wildman–Crippen LogP) is 0.367. The van der Waals surface area contributed by atoms with E-state index in [0.29, 0.717) is 23.9 Å². The van der Waals surface area contributed by atoms with E-state index in [1.54, 1.807) is 18.2 Å². The second-order valence-corrected chi connectivity index (χ2v) is 5.02. The molecule has 0 saturated heterocycles. The van der Waals surface area contributed by atoms with Crippen molar-refractivity contribution in [3.8, 4) is 11.4 Å². The lowest BCUT2D eigenvalue weighted by Gasteiger charge is -2.31. The summed E-state index contributed by atoms with van der Waals surface area (Å²) in [4.78, 5) is 12.1. The molecule has 1 aliphatic rings. The average molecular weight is 273 g/mol. The van der Waals surface area contributed by atoms with E-state index < -0.39 is 0 Å². The number of hydrogen-bond acceptors (Lipinski definition) is 5. The molecule has 2 aromatic rings. The van der Waals surface area contributed by atoms with E-state index in [0.717, 1.165) is 18.4 Å². The van der Waals surface area contributed by atoms with Crippen molar-refractivity contribution < 1.29 is 9.90 Å². The number of benzene rings is 1. The van der Waals surface area contributed by atoms with Crippen LogP contribution in [0.1, 0.15) is 23.2 Å². The zero-order valence-electron chi connectivity index (χ0n) is 10.8.